The van der Waals surface area contributed by atoms with E-state index in [1.807, 2.05) is 6.92 Å². The molecule has 0 amide bonds. The summed E-state index contributed by atoms with van der Waals surface area (Å²) in [6, 6.07) is 4.06. The third-order valence-corrected chi connectivity index (χ3v) is 8.09. The maximum Gasteiger partial charge on any atom is 0.423 e. The van der Waals surface area contributed by atoms with Crippen molar-refractivity contribution in [1.82, 2.24) is 22.5 Å². The van der Waals surface area contributed by atoms with E-state index in [9.17, 15) is 22.8 Å². The summed E-state index contributed by atoms with van der Waals surface area (Å²) in [6.07, 6.45) is 2.57. The fraction of sp³-hybridized carbons (Fsp3) is 0.370. The van der Waals surface area contributed by atoms with E-state index < -0.39 is 23.1 Å². The third-order valence-electron chi connectivity index (χ3n) is 7.40. The van der Waals surface area contributed by atoms with Gasteiger partial charge in [0, 0.05) is 30.5 Å². The molecule has 3 N–H and O–H groups in total. The fourth-order valence-corrected chi connectivity index (χ4v) is 5.71. The highest BCUT2D eigenvalue weighted by molar-refractivity contribution is 14.1. The summed E-state index contributed by atoms with van der Waals surface area (Å²) in [6.45, 7) is 2.22. The molecule has 9 nitrogen and oxygen atoms in total. The Morgan fingerprint density at radius 2 is 1.95 bits per heavy atom. The number of nitrogens with zero attached hydrogens (tertiary/aromatic N) is 5. The lowest BCUT2D eigenvalue weighted by molar-refractivity contribution is -0.138. The Morgan fingerprint density at radius 3 is 2.66 bits per heavy atom. The zero-order valence-electron chi connectivity index (χ0n) is 21.9. The molecule has 41 heavy (non-hydrogen) atoms. The average Bonchev–Trinajstić information content (AvgIpc) is 2.92. The lowest BCUT2D eigenvalue weighted by Crippen LogP contribution is -2.34. The van der Waals surface area contributed by atoms with Crippen molar-refractivity contribution in [1.29, 1.82) is 0 Å². The number of hydrogen-bond acceptors (Lipinski definition) is 7. The maximum absolute atomic E-state index is 15.1. The number of pyridine rings is 1. The molecule has 14 heteroatoms. The molecule has 2 atom stereocenters. The highest BCUT2D eigenvalue weighted by Crippen LogP contribution is 2.34. The fourth-order valence-electron chi connectivity index (χ4n) is 5.35. The van der Waals surface area contributed by atoms with Crippen molar-refractivity contribution in [2.45, 2.75) is 57.8 Å². The second-order valence-electron chi connectivity index (χ2n) is 10.1. The molecule has 0 spiro atoms. The average molecular weight is 683 g/mol. The predicted octanol–water partition coefficient (Wildman–Crippen LogP) is 5.19. The van der Waals surface area contributed by atoms with E-state index in [2.05, 4.69) is 20.4 Å². The van der Waals surface area contributed by atoms with Crippen LogP contribution in [0.2, 0.25) is 0 Å². The molecular formula is C27H26F4IN7O2. The number of aromatic nitrogens is 5. The molecule has 4 aromatic rings. The number of halogens is 5. The van der Waals surface area contributed by atoms with Gasteiger partial charge in [-0.2, -0.15) is 21.2 Å². The minimum Gasteiger partial charge on any atom is -0.383 e. The van der Waals surface area contributed by atoms with E-state index in [1.54, 1.807) is 18.5 Å². The van der Waals surface area contributed by atoms with Crippen molar-refractivity contribution in [3.63, 3.8) is 0 Å². The number of nitrogen functional groups attached to an aromatic ring is 1. The van der Waals surface area contributed by atoms with Crippen LogP contribution < -0.4 is 22.2 Å². The van der Waals surface area contributed by atoms with Gasteiger partial charge in [-0.3, -0.25) is 9.59 Å². The van der Waals surface area contributed by atoms with Gasteiger partial charge in [-0.15, -0.1) is 0 Å². The van der Waals surface area contributed by atoms with Crippen molar-refractivity contribution in [2.24, 2.45) is 5.92 Å². The molecule has 0 aliphatic heterocycles. The van der Waals surface area contributed by atoms with Crippen LogP contribution >= 0.6 is 22.9 Å². The van der Waals surface area contributed by atoms with Crippen LogP contribution in [0.5, 0.6) is 0 Å². The summed E-state index contributed by atoms with van der Waals surface area (Å²) >= 11 is 1.41. The quantitative estimate of drug-likeness (QED) is 0.212. The highest BCUT2D eigenvalue weighted by atomic mass is 127. The highest BCUT2D eigenvalue weighted by Gasteiger charge is 2.39. The van der Waals surface area contributed by atoms with E-state index in [0.29, 0.717) is 34.1 Å². The number of benzene rings is 1. The maximum atomic E-state index is 15.1. The first-order valence-corrected chi connectivity index (χ1v) is 14.0. The van der Waals surface area contributed by atoms with E-state index in [1.165, 1.54) is 39.6 Å². The van der Waals surface area contributed by atoms with Crippen LogP contribution in [-0.4, -0.2) is 28.6 Å². The van der Waals surface area contributed by atoms with Crippen molar-refractivity contribution in [2.75, 3.05) is 11.1 Å². The van der Waals surface area contributed by atoms with Crippen LogP contribution in [-0.2, 0) is 19.1 Å². The number of rotatable bonds is 6. The number of anilines is 2. The van der Waals surface area contributed by atoms with Gasteiger partial charge < -0.3 is 15.6 Å². The topological polar surface area (TPSA) is 121 Å². The van der Waals surface area contributed by atoms with Crippen LogP contribution in [0.1, 0.15) is 43.7 Å². The summed E-state index contributed by atoms with van der Waals surface area (Å²) in [7, 11) is 0. The van der Waals surface area contributed by atoms with Crippen LogP contribution in [0.3, 0.4) is 0 Å². The van der Waals surface area contributed by atoms with Gasteiger partial charge in [-0.25, -0.2) is 14.4 Å². The predicted molar refractivity (Wildman–Crippen MR) is 155 cm³/mol. The standard InChI is InChI=1S/C27H26F4IN7O2/c1-2-15-11-34-24(37-23(15)33)19-9-16-6-7-38(25(40)18(16)10-20(19)28)13-14-4-3-5-17(8-14)36-21-12-35-39(32)26(41)22(21)27(29,30)31/h6-7,9-12,14,17,36H,2-5,8,13H2,1H3,(H2,33,34,37)/t14-,17+/m1/s1. The molecule has 0 bridgehead atoms. The van der Waals surface area contributed by atoms with Crippen molar-refractivity contribution < 1.29 is 17.6 Å². The Morgan fingerprint density at radius 1 is 1.17 bits per heavy atom. The molecule has 1 aromatic carbocycles. The second kappa shape index (κ2) is 11.4. The van der Waals surface area contributed by atoms with Gasteiger partial charge in [0.2, 0.25) is 0 Å². The van der Waals surface area contributed by atoms with Crippen LogP contribution in [0.4, 0.5) is 29.1 Å². The van der Waals surface area contributed by atoms with E-state index >= 15 is 4.39 Å². The number of fused-ring (bicyclic) bond motifs is 1. The molecule has 216 valence electrons. The van der Waals surface area contributed by atoms with Gasteiger partial charge in [0.05, 0.1) is 45.7 Å². The minimum atomic E-state index is -4.84. The van der Waals surface area contributed by atoms with Crippen LogP contribution in [0, 0.1) is 11.7 Å². The van der Waals surface area contributed by atoms with E-state index in [0.717, 1.165) is 24.6 Å². The van der Waals surface area contributed by atoms with Gasteiger partial charge in [0.1, 0.15) is 17.2 Å². The summed E-state index contributed by atoms with van der Waals surface area (Å²) in [5.41, 5.74) is 3.59. The molecule has 0 unspecified atom stereocenters. The molecule has 1 aliphatic rings. The van der Waals surface area contributed by atoms with Gasteiger partial charge >= 0.3 is 6.18 Å². The number of hydrogen-bond donors (Lipinski definition) is 2. The van der Waals surface area contributed by atoms with Crippen molar-refractivity contribution >= 4 is 45.1 Å². The van der Waals surface area contributed by atoms with Crippen molar-refractivity contribution in [3.05, 3.63) is 74.4 Å². The first-order chi connectivity index (χ1) is 19.5. The molecule has 0 saturated heterocycles. The Hall–Kier alpha value is -3.56. The third kappa shape index (κ3) is 5.92. The van der Waals surface area contributed by atoms with E-state index in [4.69, 9.17) is 5.73 Å². The largest absolute Gasteiger partial charge is 0.423 e. The molecule has 0 radical (unpaired) electrons. The molecule has 1 aliphatic carbocycles. The SMILES string of the molecule is CCc1cnc(-c2cc3ccn(C[C@@H]4CCC[C@H](Nc5cnn(I)c(=O)c5C(F)(F)F)C4)c(=O)c3cc2F)nc1N. The number of nitrogens with two attached hydrogens (primary N) is 1. The number of nitrogens with one attached hydrogen (secondary N) is 1. The Kier molecular flexibility index (Phi) is 8.03. The summed E-state index contributed by atoms with van der Waals surface area (Å²) < 4.78 is 58.1. The summed E-state index contributed by atoms with van der Waals surface area (Å²) in [5, 5.41) is 7.31. The van der Waals surface area contributed by atoms with Gasteiger partial charge in [-0.05, 0) is 55.2 Å². The smallest absolute Gasteiger partial charge is 0.383 e. The summed E-state index contributed by atoms with van der Waals surface area (Å²) in [5.74, 6) is -0.279. The molecule has 3 heterocycles. The van der Waals surface area contributed by atoms with Crippen LogP contribution in [0.25, 0.3) is 22.2 Å². The minimum absolute atomic E-state index is 0.0267. The number of alkyl halides is 3. The lowest BCUT2D eigenvalue weighted by atomic mass is 9.85. The molecular weight excluding hydrogens is 657 g/mol. The van der Waals surface area contributed by atoms with Gasteiger partial charge in [0.25, 0.3) is 11.1 Å². The summed E-state index contributed by atoms with van der Waals surface area (Å²) in [4.78, 5) is 33.9. The van der Waals surface area contributed by atoms with E-state index in [-0.39, 0.29) is 45.8 Å². The monoisotopic (exact) mass is 683 g/mol. The Balaban J connectivity index is 1.37. The Labute approximate surface area is 245 Å². The van der Waals surface area contributed by atoms with Gasteiger partial charge in [0.15, 0.2) is 5.82 Å². The lowest BCUT2D eigenvalue weighted by Gasteiger charge is -2.31. The van der Waals surface area contributed by atoms with Crippen molar-refractivity contribution in [3.8, 4) is 11.4 Å². The van der Waals surface area contributed by atoms with Crippen LogP contribution in [0.15, 0.2) is 46.4 Å². The number of aryl methyl sites for hydroxylation is 1. The Bertz CT molecular complexity index is 1740. The van der Waals surface area contributed by atoms with Gasteiger partial charge in [-0.1, -0.05) is 13.3 Å². The molecule has 1 fully saturated rings. The normalized spacial score (nSPS) is 17.6. The molecule has 5 rings (SSSR count). The first kappa shape index (κ1) is 29.0. The first-order valence-electron chi connectivity index (χ1n) is 13.0. The zero-order chi connectivity index (χ0) is 29.5. The molecule has 3 aromatic heterocycles. The second-order valence-corrected chi connectivity index (χ2v) is 11.0. The molecule has 1 saturated carbocycles. The zero-order valence-corrected chi connectivity index (χ0v) is 24.0.